The smallest absolute Gasteiger partial charge is 0.125 e. The van der Waals surface area contributed by atoms with Gasteiger partial charge in [-0.1, -0.05) is 24.6 Å². The molecule has 0 amide bonds. The fourth-order valence-corrected chi connectivity index (χ4v) is 1.95. The average Bonchev–Trinajstić information content (AvgIpc) is 2.15. The van der Waals surface area contributed by atoms with Crippen LogP contribution in [0.15, 0.2) is 12.1 Å². The first-order valence-electron chi connectivity index (χ1n) is 6.03. The van der Waals surface area contributed by atoms with Gasteiger partial charge in [0, 0.05) is 6.04 Å². The first-order valence-corrected chi connectivity index (χ1v) is 6.03. The minimum absolute atomic E-state index is 0. The van der Waals surface area contributed by atoms with Gasteiger partial charge in [0.1, 0.15) is 5.75 Å². The van der Waals surface area contributed by atoms with Crippen LogP contribution >= 0.6 is 12.4 Å². The molecule has 1 aromatic carbocycles. The van der Waals surface area contributed by atoms with Gasteiger partial charge in [-0.2, -0.15) is 0 Å². The highest BCUT2D eigenvalue weighted by Gasteiger charge is 2.10. The fraction of sp³-hybridized carbons (Fsp3) is 0.571. The molecule has 0 saturated heterocycles. The van der Waals surface area contributed by atoms with Crippen molar-refractivity contribution in [3.05, 3.63) is 28.8 Å². The van der Waals surface area contributed by atoms with Crippen LogP contribution in [0.25, 0.3) is 0 Å². The van der Waals surface area contributed by atoms with Gasteiger partial charge in [-0.3, -0.25) is 0 Å². The first kappa shape index (κ1) is 16.3. The van der Waals surface area contributed by atoms with Crippen LogP contribution in [0.3, 0.4) is 0 Å². The van der Waals surface area contributed by atoms with Crippen molar-refractivity contribution >= 4 is 12.4 Å². The molecule has 17 heavy (non-hydrogen) atoms. The molecule has 98 valence electrons. The first-order chi connectivity index (χ1) is 7.54. The van der Waals surface area contributed by atoms with E-state index in [1.165, 1.54) is 16.7 Å². The van der Waals surface area contributed by atoms with Crippen LogP contribution in [0.2, 0.25) is 0 Å². The number of hydrogen-bond acceptors (Lipinski definition) is 2. The molecule has 0 fully saturated rings. The van der Waals surface area contributed by atoms with Crippen molar-refractivity contribution in [3.63, 3.8) is 0 Å². The Bertz CT molecular complexity index is 350. The molecule has 0 aromatic heterocycles. The molecular weight excluding hydrogens is 234 g/mol. The summed E-state index contributed by atoms with van der Waals surface area (Å²) in [5.41, 5.74) is 9.59. The zero-order valence-corrected chi connectivity index (χ0v) is 12.1. The molecule has 0 radical (unpaired) electrons. The number of benzene rings is 1. The average molecular weight is 258 g/mol. The summed E-state index contributed by atoms with van der Waals surface area (Å²) in [6.07, 6.45) is 1.91. The third-order valence-corrected chi connectivity index (χ3v) is 2.49. The predicted molar refractivity (Wildman–Crippen MR) is 76.3 cm³/mol. The van der Waals surface area contributed by atoms with Crippen LogP contribution in [-0.2, 0) is 6.42 Å². The lowest BCUT2D eigenvalue weighted by Crippen LogP contribution is -2.18. The van der Waals surface area contributed by atoms with Crippen molar-refractivity contribution in [2.75, 3.05) is 6.61 Å². The quantitative estimate of drug-likeness (QED) is 0.878. The monoisotopic (exact) mass is 257 g/mol. The minimum atomic E-state index is 0. The number of halogens is 1. The molecule has 1 atom stereocenters. The third kappa shape index (κ3) is 4.97. The van der Waals surface area contributed by atoms with Crippen molar-refractivity contribution in [2.24, 2.45) is 5.73 Å². The summed E-state index contributed by atoms with van der Waals surface area (Å²) in [7, 11) is 0. The Morgan fingerprint density at radius 2 is 1.94 bits per heavy atom. The van der Waals surface area contributed by atoms with E-state index in [0.29, 0.717) is 0 Å². The maximum atomic E-state index is 5.87. The van der Waals surface area contributed by atoms with E-state index in [2.05, 4.69) is 32.9 Å². The van der Waals surface area contributed by atoms with E-state index in [4.69, 9.17) is 10.5 Å². The number of hydrogen-bond donors (Lipinski definition) is 1. The maximum Gasteiger partial charge on any atom is 0.125 e. The summed E-state index contributed by atoms with van der Waals surface area (Å²) in [6, 6.07) is 4.52. The highest BCUT2D eigenvalue weighted by atomic mass is 35.5. The van der Waals surface area contributed by atoms with E-state index >= 15 is 0 Å². The van der Waals surface area contributed by atoms with Gasteiger partial charge in [0.25, 0.3) is 0 Å². The topological polar surface area (TPSA) is 35.2 Å². The Kier molecular flexibility index (Phi) is 7.24. The van der Waals surface area contributed by atoms with Crippen LogP contribution in [0.1, 0.15) is 37.0 Å². The molecule has 0 heterocycles. The van der Waals surface area contributed by atoms with Gasteiger partial charge in [0.2, 0.25) is 0 Å². The van der Waals surface area contributed by atoms with Crippen LogP contribution < -0.4 is 10.5 Å². The Balaban J connectivity index is 0.00000256. The van der Waals surface area contributed by atoms with Crippen LogP contribution in [-0.4, -0.2) is 12.6 Å². The van der Waals surface area contributed by atoms with E-state index in [0.717, 1.165) is 25.2 Å². The van der Waals surface area contributed by atoms with E-state index in [9.17, 15) is 0 Å². The summed E-state index contributed by atoms with van der Waals surface area (Å²) in [5, 5.41) is 0. The van der Waals surface area contributed by atoms with Crippen LogP contribution in [0, 0.1) is 13.8 Å². The van der Waals surface area contributed by atoms with Gasteiger partial charge >= 0.3 is 0 Å². The molecule has 2 nitrogen and oxygen atoms in total. The second kappa shape index (κ2) is 7.57. The summed E-state index contributed by atoms with van der Waals surface area (Å²) in [4.78, 5) is 0. The minimum Gasteiger partial charge on any atom is -0.493 e. The molecule has 0 aliphatic rings. The molecule has 0 spiro atoms. The van der Waals surface area contributed by atoms with Crippen molar-refractivity contribution in [2.45, 2.75) is 46.6 Å². The molecule has 0 bridgehead atoms. The highest BCUT2D eigenvalue weighted by molar-refractivity contribution is 5.85. The lowest BCUT2D eigenvalue weighted by molar-refractivity contribution is 0.311. The molecule has 1 rings (SSSR count). The third-order valence-electron chi connectivity index (χ3n) is 2.49. The predicted octanol–water partition coefficient (Wildman–Crippen LogP) is 3.40. The standard InChI is InChI=1S/C14H23NO.ClH/c1-5-6-16-14-11(3)7-10(2)8-13(14)9-12(4)15;/h7-8,12H,5-6,9,15H2,1-4H3;1H. The number of ether oxygens (including phenoxy) is 1. The van der Waals surface area contributed by atoms with Gasteiger partial charge in [0.05, 0.1) is 6.61 Å². The van der Waals surface area contributed by atoms with E-state index in [1.807, 2.05) is 6.92 Å². The highest BCUT2D eigenvalue weighted by Crippen LogP contribution is 2.26. The number of aryl methyl sites for hydroxylation is 2. The van der Waals surface area contributed by atoms with Gasteiger partial charge in [-0.05, 0) is 44.7 Å². The lowest BCUT2D eigenvalue weighted by Gasteiger charge is -2.16. The van der Waals surface area contributed by atoms with Crippen molar-refractivity contribution in [1.29, 1.82) is 0 Å². The van der Waals surface area contributed by atoms with Crippen LogP contribution in [0.5, 0.6) is 5.75 Å². The fourth-order valence-electron chi connectivity index (χ4n) is 1.95. The summed E-state index contributed by atoms with van der Waals surface area (Å²) in [5.74, 6) is 1.03. The largest absolute Gasteiger partial charge is 0.493 e. The molecule has 0 saturated carbocycles. The zero-order chi connectivity index (χ0) is 12.1. The molecule has 1 aromatic rings. The SMILES string of the molecule is CCCOc1c(C)cc(C)cc1CC(C)N.Cl. The Hall–Kier alpha value is -0.730. The molecule has 3 heteroatoms. The van der Waals surface area contributed by atoms with Crippen molar-refractivity contribution in [1.82, 2.24) is 0 Å². The summed E-state index contributed by atoms with van der Waals surface area (Å²) in [6.45, 7) is 9.13. The molecule has 0 aliphatic heterocycles. The second-order valence-electron chi connectivity index (χ2n) is 4.60. The van der Waals surface area contributed by atoms with Crippen molar-refractivity contribution in [3.8, 4) is 5.75 Å². The second-order valence-corrected chi connectivity index (χ2v) is 4.60. The number of rotatable bonds is 5. The molecule has 0 aliphatic carbocycles. The molecule has 2 N–H and O–H groups in total. The zero-order valence-electron chi connectivity index (χ0n) is 11.2. The van der Waals surface area contributed by atoms with E-state index in [1.54, 1.807) is 0 Å². The van der Waals surface area contributed by atoms with Gasteiger partial charge in [0.15, 0.2) is 0 Å². The molecule has 1 unspecified atom stereocenters. The van der Waals surface area contributed by atoms with Gasteiger partial charge in [-0.15, -0.1) is 12.4 Å². The summed E-state index contributed by atoms with van der Waals surface area (Å²) >= 11 is 0. The van der Waals surface area contributed by atoms with E-state index < -0.39 is 0 Å². The van der Waals surface area contributed by atoms with Crippen molar-refractivity contribution < 1.29 is 4.74 Å². The van der Waals surface area contributed by atoms with Crippen LogP contribution in [0.4, 0.5) is 0 Å². The molecular formula is C14H24ClNO. The lowest BCUT2D eigenvalue weighted by atomic mass is 10.0. The van der Waals surface area contributed by atoms with Gasteiger partial charge < -0.3 is 10.5 Å². The normalized spacial score (nSPS) is 11.8. The number of nitrogens with two attached hydrogens (primary N) is 1. The Morgan fingerprint density at radius 1 is 1.29 bits per heavy atom. The summed E-state index contributed by atoms with van der Waals surface area (Å²) < 4.78 is 5.82. The van der Waals surface area contributed by atoms with Gasteiger partial charge in [-0.25, -0.2) is 0 Å². The Morgan fingerprint density at radius 3 is 2.47 bits per heavy atom. The van der Waals surface area contributed by atoms with E-state index in [-0.39, 0.29) is 18.4 Å². The Labute approximate surface area is 111 Å². The maximum absolute atomic E-state index is 5.87.